The van der Waals surface area contributed by atoms with Gasteiger partial charge in [-0.2, -0.15) is 0 Å². The van der Waals surface area contributed by atoms with Crippen LogP contribution in [0, 0.1) is 5.82 Å². The maximum absolute atomic E-state index is 13.1. The van der Waals surface area contributed by atoms with Crippen molar-refractivity contribution in [3.8, 4) is 0 Å². The molecule has 0 aliphatic carbocycles. The van der Waals surface area contributed by atoms with Crippen LogP contribution >= 0.6 is 0 Å². The van der Waals surface area contributed by atoms with E-state index in [4.69, 9.17) is 0 Å². The Bertz CT molecular complexity index is 564. The Morgan fingerprint density at radius 1 is 0.905 bits per heavy atom. The van der Waals surface area contributed by atoms with E-state index in [1.807, 2.05) is 12.1 Å². The second-order valence-electron chi connectivity index (χ2n) is 6.41. The van der Waals surface area contributed by atoms with Crippen LogP contribution in [0.3, 0.4) is 0 Å². The van der Waals surface area contributed by atoms with E-state index in [1.54, 1.807) is 0 Å². The molecule has 0 spiro atoms. The zero-order chi connectivity index (χ0) is 15.5. The van der Waals surface area contributed by atoms with Gasteiger partial charge in [0.1, 0.15) is 5.82 Å². The number of benzene rings is 2. The molecule has 0 amide bonds. The lowest BCUT2D eigenvalue weighted by molar-refractivity contribution is 0.587. The van der Waals surface area contributed by atoms with Crippen molar-refractivity contribution in [1.82, 2.24) is 5.32 Å². The highest BCUT2D eigenvalue weighted by Gasteiger charge is 2.16. The van der Waals surface area contributed by atoms with Crippen LogP contribution in [0.4, 0.5) is 4.39 Å². The molecular weight excluding hydrogens is 261 g/mol. The molecule has 0 aromatic heterocycles. The molecule has 0 saturated heterocycles. The summed E-state index contributed by atoms with van der Waals surface area (Å²) < 4.78 is 13.1. The fraction of sp³-hybridized carbons (Fsp3) is 0.368. The summed E-state index contributed by atoms with van der Waals surface area (Å²) in [6, 6.07) is 15.5. The third kappa shape index (κ3) is 3.92. The van der Waals surface area contributed by atoms with Crippen LogP contribution in [-0.4, -0.2) is 6.54 Å². The Morgan fingerprint density at radius 2 is 1.38 bits per heavy atom. The van der Waals surface area contributed by atoms with Crippen molar-refractivity contribution >= 4 is 0 Å². The van der Waals surface area contributed by atoms with E-state index in [9.17, 15) is 4.39 Å². The standard InChI is InChI=1S/C19H24FN/c1-5-21-18(15-8-12-17(20)13-9-15)14-6-10-16(11-7-14)19(2,3)4/h6-13,18,21H,5H2,1-4H3. The molecule has 2 heteroatoms. The minimum absolute atomic E-state index is 0.101. The number of halogens is 1. The van der Waals surface area contributed by atoms with Gasteiger partial charge in [-0.3, -0.25) is 0 Å². The monoisotopic (exact) mass is 285 g/mol. The van der Waals surface area contributed by atoms with Crippen LogP contribution < -0.4 is 5.32 Å². The van der Waals surface area contributed by atoms with Crippen molar-refractivity contribution in [2.45, 2.75) is 39.2 Å². The number of hydrogen-bond donors (Lipinski definition) is 1. The minimum atomic E-state index is -0.197. The topological polar surface area (TPSA) is 12.0 Å². The third-order valence-corrected chi connectivity index (χ3v) is 3.72. The van der Waals surface area contributed by atoms with Gasteiger partial charge < -0.3 is 5.32 Å². The van der Waals surface area contributed by atoms with Gasteiger partial charge in [0.05, 0.1) is 6.04 Å². The molecule has 1 nitrogen and oxygen atoms in total. The second-order valence-corrected chi connectivity index (χ2v) is 6.41. The number of hydrogen-bond acceptors (Lipinski definition) is 1. The van der Waals surface area contributed by atoms with E-state index in [-0.39, 0.29) is 17.3 Å². The summed E-state index contributed by atoms with van der Waals surface area (Å²) in [5, 5.41) is 3.47. The quantitative estimate of drug-likeness (QED) is 0.849. The van der Waals surface area contributed by atoms with Gasteiger partial charge in [0, 0.05) is 0 Å². The summed E-state index contributed by atoms with van der Waals surface area (Å²) in [6.07, 6.45) is 0. The van der Waals surface area contributed by atoms with Gasteiger partial charge in [0.25, 0.3) is 0 Å². The molecule has 0 heterocycles. The molecule has 21 heavy (non-hydrogen) atoms. The molecular formula is C19H24FN. The van der Waals surface area contributed by atoms with E-state index in [1.165, 1.54) is 23.3 Å². The molecule has 112 valence electrons. The van der Waals surface area contributed by atoms with Crippen molar-refractivity contribution in [2.75, 3.05) is 6.54 Å². The van der Waals surface area contributed by atoms with Crippen LogP contribution in [0.1, 0.15) is 50.4 Å². The van der Waals surface area contributed by atoms with E-state index in [0.29, 0.717) is 0 Å². The first-order valence-electron chi connectivity index (χ1n) is 7.51. The maximum atomic E-state index is 13.1. The summed E-state index contributed by atoms with van der Waals surface area (Å²) >= 11 is 0. The van der Waals surface area contributed by atoms with Crippen molar-refractivity contribution in [3.05, 3.63) is 71.0 Å². The van der Waals surface area contributed by atoms with Crippen molar-refractivity contribution in [3.63, 3.8) is 0 Å². The van der Waals surface area contributed by atoms with E-state index in [2.05, 4.69) is 57.3 Å². The van der Waals surface area contributed by atoms with E-state index < -0.39 is 0 Å². The Balaban J connectivity index is 2.32. The molecule has 2 aromatic rings. The van der Waals surface area contributed by atoms with Crippen molar-refractivity contribution in [1.29, 1.82) is 0 Å². The molecule has 1 atom stereocenters. The maximum Gasteiger partial charge on any atom is 0.123 e. The third-order valence-electron chi connectivity index (χ3n) is 3.72. The number of rotatable bonds is 4. The van der Waals surface area contributed by atoms with Gasteiger partial charge in [0.2, 0.25) is 0 Å². The van der Waals surface area contributed by atoms with Gasteiger partial charge >= 0.3 is 0 Å². The second kappa shape index (κ2) is 6.40. The fourth-order valence-corrected chi connectivity index (χ4v) is 2.46. The van der Waals surface area contributed by atoms with Gasteiger partial charge in [-0.05, 0) is 40.8 Å². The fourth-order valence-electron chi connectivity index (χ4n) is 2.46. The largest absolute Gasteiger partial charge is 0.307 e. The molecule has 0 saturated carbocycles. The first-order valence-corrected chi connectivity index (χ1v) is 7.51. The summed E-state index contributed by atoms with van der Waals surface area (Å²) in [5.74, 6) is -0.197. The molecule has 0 aliphatic rings. The zero-order valence-corrected chi connectivity index (χ0v) is 13.3. The smallest absolute Gasteiger partial charge is 0.123 e. The van der Waals surface area contributed by atoms with Crippen LogP contribution in [0.5, 0.6) is 0 Å². The van der Waals surface area contributed by atoms with E-state index in [0.717, 1.165) is 12.1 Å². The number of nitrogens with one attached hydrogen (secondary N) is 1. The Kier molecular flexibility index (Phi) is 4.79. The normalized spacial score (nSPS) is 13.2. The average Bonchev–Trinajstić information content (AvgIpc) is 2.45. The predicted octanol–water partition coefficient (Wildman–Crippen LogP) is 4.82. The molecule has 2 rings (SSSR count). The lowest BCUT2D eigenvalue weighted by Crippen LogP contribution is -2.22. The first-order chi connectivity index (χ1) is 9.91. The van der Waals surface area contributed by atoms with E-state index >= 15 is 0 Å². The Morgan fingerprint density at radius 3 is 1.81 bits per heavy atom. The van der Waals surface area contributed by atoms with Crippen molar-refractivity contribution in [2.24, 2.45) is 0 Å². The van der Waals surface area contributed by atoms with Gasteiger partial charge in [0.15, 0.2) is 0 Å². The molecule has 2 aromatic carbocycles. The average molecular weight is 285 g/mol. The first kappa shape index (κ1) is 15.7. The van der Waals surface area contributed by atoms with Crippen LogP contribution in [0.25, 0.3) is 0 Å². The molecule has 1 N–H and O–H groups in total. The Hall–Kier alpha value is -1.67. The van der Waals surface area contributed by atoms with Gasteiger partial charge in [-0.1, -0.05) is 64.1 Å². The summed E-state index contributed by atoms with van der Waals surface area (Å²) in [5.41, 5.74) is 3.76. The van der Waals surface area contributed by atoms with Crippen LogP contribution in [0.2, 0.25) is 0 Å². The zero-order valence-electron chi connectivity index (χ0n) is 13.3. The van der Waals surface area contributed by atoms with Crippen LogP contribution in [0.15, 0.2) is 48.5 Å². The molecule has 0 radical (unpaired) electrons. The lowest BCUT2D eigenvalue weighted by atomic mass is 9.86. The highest BCUT2D eigenvalue weighted by Crippen LogP contribution is 2.26. The van der Waals surface area contributed by atoms with Gasteiger partial charge in [-0.15, -0.1) is 0 Å². The SMILES string of the molecule is CCNC(c1ccc(F)cc1)c1ccc(C(C)(C)C)cc1. The molecule has 0 aliphatic heterocycles. The molecule has 0 fully saturated rings. The highest BCUT2D eigenvalue weighted by molar-refractivity contribution is 5.35. The lowest BCUT2D eigenvalue weighted by Gasteiger charge is -2.22. The van der Waals surface area contributed by atoms with Crippen LogP contribution in [-0.2, 0) is 5.41 Å². The highest BCUT2D eigenvalue weighted by atomic mass is 19.1. The van der Waals surface area contributed by atoms with Crippen molar-refractivity contribution < 1.29 is 4.39 Å². The Labute approximate surface area is 127 Å². The summed E-state index contributed by atoms with van der Waals surface area (Å²) in [7, 11) is 0. The molecule has 0 bridgehead atoms. The summed E-state index contributed by atoms with van der Waals surface area (Å²) in [6.45, 7) is 9.58. The molecule has 1 unspecified atom stereocenters. The predicted molar refractivity (Wildman–Crippen MR) is 87.1 cm³/mol. The van der Waals surface area contributed by atoms with Gasteiger partial charge in [-0.25, -0.2) is 4.39 Å². The minimum Gasteiger partial charge on any atom is -0.307 e. The summed E-state index contributed by atoms with van der Waals surface area (Å²) in [4.78, 5) is 0.